The fraction of sp³-hybridized carbons (Fsp3) is 0.591. The SMILES string of the molecule is CC(NC(=O)C=Cc1cccc(C(F)(F)F)c1)C12CC3CC(CC(C3)C1)C2. The molecule has 0 spiro atoms. The van der Waals surface area contributed by atoms with Crippen LogP contribution in [0.25, 0.3) is 6.08 Å². The van der Waals surface area contributed by atoms with Crippen LogP contribution in [0, 0.1) is 23.2 Å². The van der Waals surface area contributed by atoms with Gasteiger partial charge < -0.3 is 5.32 Å². The second kappa shape index (κ2) is 6.68. The molecular weight excluding hydrogens is 351 g/mol. The molecule has 4 bridgehead atoms. The Kier molecular flexibility index (Phi) is 4.59. The number of alkyl halides is 3. The molecule has 1 aromatic rings. The molecule has 4 fully saturated rings. The van der Waals surface area contributed by atoms with E-state index in [0.29, 0.717) is 5.56 Å². The predicted octanol–water partition coefficient (Wildman–Crippen LogP) is 5.44. The fourth-order valence-corrected chi connectivity index (χ4v) is 6.11. The van der Waals surface area contributed by atoms with E-state index in [1.54, 1.807) is 6.07 Å². The Balaban J connectivity index is 1.40. The van der Waals surface area contributed by atoms with Crippen LogP contribution in [0.4, 0.5) is 13.2 Å². The molecule has 4 aliphatic carbocycles. The summed E-state index contributed by atoms with van der Waals surface area (Å²) >= 11 is 0. The van der Waals surface area contributed by atoms with E-state index in [1.807, 2.05) is 0 Å². The number of benzene rings is 1. The highest BCUT2D eigenvalue weighted by molar-refractivity contribution is 5.92. The van der Waals surface area contributed by atoms with E-state index in [2.05, 4.69) is 12.2 Å². The van der Waals surface area contributed by atoms with Gasteiger partial charge >= 0.3 is 6.18 Å². The number of hydrogen-bond donors (Lipinski definition) is 1. The molecule has 1 N–H and O–H groups in total. The van der Waals surface area contributed by atoms with Crippen molar-refractivity contribution in [3.8, 4) is 0 Å². The van der Waals surface area contributed by atoms with Crippen molar-refractivity contribution in [1.29, 1.82) is 0 Å². The fourth-order valence-electron chi connectivity index (χ4n) is 6.11. The van der Waals surface area contributed by atoms with E-state index in [9.17, 15) is 18.0 Å². The molecule has 4 saturated carbocycles. The largest absolute Gasteiger partial charge is 0.416 e. The van der Waals surface area contributed by atoms with Gasteiger partial charge in [-0.2, -0.15) is 13.2 Å². The minimum Gasteiger partial charge on any atom is -0.350 e. The summed E-state index contributed by atoms with van der Waals surface area (Å²) in [6.07, 6.45) is 6.12. The van der Waals surface area contributed by atoms with E-state index < -0.39 is 11.7 Å². The summed E-state index contributed by atoms with van der Waals surface area (Å²) in [4.78, 5) is 12.4. The lowest BCUT2D eigenvalue weighted by Crippen LogP contribution is -2.55. The standard InChI is InChI=1S/C22H26F3NO/c1-14(21-11-16-7-17(12-21)9-18(8-16)13-21)26-20(27)6-5-15-3-2-4-19(10-15)22(23,24)25/h2-6,10,14,16-18H,7-9,11-13H2,1H3,(H,26,27). The highest BCUT2D eigenvalue weighted by Crippen LogP contribution is 2.61. The molecule has 5 heteroatoms. The lowest BCUT2D eigenvalue weighted by atomic mass is 9.48. The van der Waals surface area contributed by atoms with E-state index in [0.717, 1.165) is 29.9 Å². The number of halogens is 3. The normalized spacial score (nSPS) is 33.4. The maximum atomic E-state index is 12.8. The summed E-state index contributed by atoms with van der Waals surface area (Å²) in [6, 6.07) is 5.13. The first-order valence-electron chi connectivity index (χ1n) is 9.89. The van der Waals surface area contributed by atoms with Gasteiger partial charge in [0.05, 0.1) is 5.56 Å². The van der Waals surface area contributed by atoms with Crippen molar-refractivity contribution in [2.75, 3.05) is 0 Å². The van der Waals surface area contributed by atoms with E-state index >= 15 is 0 Å². The molecule has 0 radical (unpaired) electrons. The third-order valence-corrected chi connectivity index (χ3v) is 7.00. The van der Waals surface area contributed by atoms with Gasteiger partial charge in [0.1, 0.15) is 0 Å². The third-order valence-electron chi connectivity index (χ3n) is 7.00. The molecule has 0 aromatic heterocycles. The summed E-state index contributed by atoms with van der Waals surface area (Å²) in [6.45, 7) is 2.10. The Morgan fingerprint density at radius 3 is 2.30 bits per heavy atom. The Labute approximate surface area is 158 Å². The van der Waals surface area contributed by atoms with Crippen molar-refractivity contribution in [2.24, 2.45) is 23.2 Å². The van der Waals surface area contributed by atoms with E-state index in [-0.39, 0.29) is 17.4 Å². The zero-order valence-electron chi connectivity index (χ0n) is 15.6. The molecule has 27 heavy (non-hydrogen) atoms. The number of carbonyl (C=O) groups is 1. The zero-order valence-corrected chi connectivity index (χ0v) is 15.6. The highest BCUT2D eigenvalue weighted by Gasteiger charge is 2.53. The quantitative estimate of drug-likeness (QED) is 0.696. The molecule has 1 unspecified atom stereocenters. The van der Waals surface area contributed by atoms with Gasteiger partial charge in [0.25, 0.3) is 0 Å². The van der Waals surface area contributed by atoms with Crippen LogP contribution in [-0.2, 0) is 11.0 Å². The van der Waals surface area contributed by atoms with Crippen molar-refractivity contribution in [3.63, 3.8) is 0 Å². The minimum absolute atomic E-state index is 0.101. The Morgan fingerprint density at radius 1 is 1.15 bits per heavy atom. The summed E-state index contributed by atoms with van der Waals surface area (Å²) in [5.74, 6) is 2.22. The molecular formula is C22H26F3NO. The van der Waals surface area contributed by atoms with Gasteiger partial charge in [-0.15, -0.1) is 0 Å². The second-order valence-electron chi connectivity index (χ2n) is 8.97. The maximum Gasteiger partial charge on any atom is 0.416 e. The average Bonchev–Trinajstić information content (AvgIpc) is 2.58. The van der Waals surface area contributed by atoms with Gasteiger partial charge in [-0.3, -0.25) is 4.79 Å². The summed E-state index contributed by atoms with van der Waals surface area (Å²) < 4.78 is 38.4. The molecule has 4 aliphatic rings. The van der Waals surface area contributed by atoms with Crippen LogP contribution in [0.2, 0.25) is 0 Å². The van der Waals surface area contributed by atoms with Crippen molar-refractivity contribution in [3.05, 3.63) is 41.5 Å². The lowest BCUT2D eigenvalue weighted by molar-refractivity contribution is -0.137. The number of rotatable bonds is 4. The van der Waals surface area contributed by atoms with Gasteiger partial charge in [-0.25, -0.2) is 0 Å². The lowest BCUT2D eigenvalue weighted by Gasteiger charge is -2.59. The summed E-state index contributed by atoms with van der Waals surface area (Å²) in [5, 5.41) is 3.10. The smallest absolute Gasteiger partial charge is 0.350 e. The molecule has 1 aromatic carbocycles. The van der Waals surface area contributed by atoms with Crippen LogP contribution in [0.1, 0.15) is 56.6 Å². The molecule has 0 heterocycles. The van der Waals surface area contributed by atoms with Gasteiger partial charge in [0, 0.05) is 12.1 Å². The predicted molar refractivity (Wildman–Crippen MR) is 98.7 cm³/mol. The maximum absolute atomic E-state index is 12.8. The molecule has 2 nitrogen and oxygen atoms in total. The molecule has 5 rings (SSSR count). The van der Waals surface area contributed by atoms with Crippen LogP contribution in [0.3, 0.4) is 0 Å². The van der Waals surface area contributed by atoms with Crippen LogP contribution in [0.5, 0.6) is 0 Å². The topological polar surface area (TPSA) is 29.1 Å². The molecule has 146 valence electrons. The second-order valence-corrected chi connectivity index (χ2v) is 8.97. The molecule has 1 atom stereocenters. The molecule has 0 saturated heterocycles. The molecule has 1 amide bonds. The van der Waals surface area contributed by atoms with Crippen LogP contribution in [0.15, 0.2) is 30.3 Å². The highest BCUT2D eigenvalue weighted by atomic mass is 19.4. The van der Waals surface area contributed by atoms with E-state index in [1.165, 1.54) is 56.7 Å². The van der Waals surface area contributed by atoms with Crippen LogP contribution >= 0.6 is 0 Å². The Bertz CT molecular complexity index is 717. The van der Waals surface area contributed by atoms with Gasteiger partial charge in [0.2, 0.25) is 5.91 Å². The average molecular weight is 377 g/mol. The minimum atomic E-state index is -4.38. The summed E-state index contributed by atoms with van der Waals surface area (Å²) in [7, 11) is 0. The third kappa shape index (κ3) is 3.78. The van der Waals surface area contributed by atoms with Gasteiger partial charge in [-0.1, -0.05) is 12.1 Å². The summed E-state index contributed by atoms with van der Waals surface area (Å²) in [5.41, 5.74) is -0.108. The van der Waals surface area contributed by atoms with Crippen LogP contribution in [-0.4, -0.2) is 11.9 Å². The first-order valence-corrected chi connectivity index (χ1v) is 9.89. The van der Waals surface area contributed by atoms with E-state index in [4.69, 9.17) is 0 Å². The van der Waals surface area contributed by atoms with Crippen molar-refractivity contribution >= 4 is 12.0 Å². The van der Waals surface area contributed by atoms with Crippen molar-refractivity contribution in [1.82, 2.24) is 5.32 Å². The number of carbonyl (C=O) groups excluding carboxylic acids is 1. The van der Waals surface area contributed by atoms with Crippen molar-refractivity contribution in [2.45, 2.75) is 57.7 Å². The Morgan fingerprint density at radius 2 is 1.74 bits per heavy atom. The number of hydrogen-bond acceptors (Lipinski definition) is 1. The monoisotopic (exact) mass is 377 g/mol. The number of nitrogens with one attached hydrogen (secondary N) is 1. The number of amides is 1. The van der Waals surface area contributed by atoms with Gasteiger partial charge in [-0.05, 0) is 92.4 Å². The zero-order chi connectivity index (χ0) is 19.2. The first kappa shape index (κ1) is 18.6. The molecule has 0 aliphatic heterocycles. The first-order chi connectivity index (χ1) is 12.7. The van der Waals surface area contributed by atoms with Crippen molar-refractivity contribution < 1.29 is 18.0 Å². The Hall–Kier alpha value is -1.78. The van der Waals surface area contributed by atoms with Gasteiger partial charge in [0.15, 0.2) is 0 Å². The van der Waals surface area contributed by atoms with Crippen LogP contribution < -0.4 is 5.32 Å².